The van der Waals surface area contributed by atoms with Crippen LogP contribution in [-0.2, 0) is 19.4 Å². The van der Waals surface area contributed by atoms with Gasteiger partial charge in [-0.25, -0.2) is 15.0 Å². The van der Waals surface area contributed by atoms with E-state index in [2.05, 4.69) is 20.2 Å². The van der Waals surface area contributed by atoms with Gasteiger partial charge < -0.3 is 4.90 Å². The van der Waals surface area contributed by atoms with E-state index in [9.17, 15) is 0 Å². The lowest BCUT2D eigenvalue weighted by atomic mass is 10.2. The second-order valence-corrected chi connectivity index (χ2v) is 8.48. The minimum Gasteiger partial charge on any atom is -0.354 e. The van der Waals surface area contributed by atoms with Crippen molar-refractivity contribution in [1.29, 1.82) is 0 Å². The summed E-state index contributed by atoms with van der Waals surface area (Å²) in [5.41, 5.74) is 3.96. The first kappa shape index (κ1) is 15.7. The maximum atomic E-state index is 4.85. The molecule has 6 heteroatoms. The van der Waals surface area contributed by atoms with Crippen molar-refractivity contribution in [3.8, 4) is 0 Å². The van der Waals surface area contributed by atoms with Gasteiger partial charge in [-0.2, -0.15) is 0 Å². The first-order valence-electron chi connectivity index (χ1n) is 9.54. The maximum absolute atomic E-state index is 4.85. The van der Waals surface area contributed by atoms with Crippen molar-refractivity contribution in [1.82, 2.24) is 19.9 Å². The highest BCUT2D eigenvalue weighted by Gasteiger charge is 2.28. The molecule has 3 heterocycles. The van der Waals surface area contributed by atoms with E-state index in [1.807, 2.05) is 18.3 Å². The number of aromatic nitrogens is 3. The molecule has 5 rings (SSSR count). The Kier molecular flexibility index (Phi) is 3.97. The van der Waals surface area contributed by atoms with Crippen LogP contribution < -0.4 is 4.90 Å². The molecular formula is C19H25N5S. The summed E-state index contributed by atoms with van der Waals surface area (Å²) in [7, 11) is 0. The minimum atomic E-state index is 0.777. The number of rotatable bonds is 4. The van der Waals surface area contributed by atoms with Gasteiger partial charge in [-0.15, -0.1) is 11.3 Å². The number of piperazine rings is 1. The number of fused-ring (bicyclic) bond motifs is 1. The van der Waals surface area contributed by atoms with Crippen LogP contribution in [0.2, 0.25) is 0 Å². The fraction of sp³-hybridized carbons (Fsp3) is 0.632. The van der Waals surface area contributed by atoms with Gasteiger partial charge in [0.15, 0.2) is 0 Å². The minimum absolute atomic E-state index is 0.777. The Balaban J connectivity index is 1.24. The van der Waals surface area contributed by atoms with Crippen molar-refractivity contribution in [3.63, 3.8) is 0 Å². The van der Waals surface area contributed by atoms with Gasteiger partial charge in [0, 0.05) is 55.3 Å². The second-order valence-electron chi connectivity index (χ2n) is 7.59. The zero-order valence-electron chi connectivity index (χ0n) is 14.9. The summed E-state index contributed by atoms with van der Waals surface area (Å²) in [4.78, 5) is 19.3. The number of aryl methyl sites for hydroxylation is 2. The Morgan fingerprint density at radius 2 is 1.92 bits per heavy atom. The Bertz CT molecular complexity index is 774. The van der Waals surface area contributed by atoms with Gasteiger partial charge >= 0.3 is 0 Å². The molecule has 2 aliphatic carbocycles. The highest BCUT2D eigenvalue weighted by Crippen LogP contribution is 2.41. The zero-order chi connectivity index (χ0) is 16.8. The topological polar surface area (TPSA) is 45.2 Å². The van der Waals surface area contributed by atoms with Crippen LogP contribution in [-0.4, -0.2) is 46.0 Å². The average molecular weight is 356 g/mol. The normalized spacial score (nSPS) is 20.9. The maximum Gasteiger partial charge on any atom is 0.135 e. The summed E-state index contributed by atoms with van der Waals surface area (Å²) in [6.07, 6.45) is 6.18. The molecule has 1 aliphatic heterocycles. The smallest absolute Gasteiger partial charge is 0.135 e. The van der Waals surface area contributed by atoms with Crippen LogP contribution in [0.1, 0.15) is 53.0 Å². The SMILES string of the molecule is Cc1nc2c(c(N3CCN(Cc4csc(C5CC5)n4)CC3)n1)CCC2. The number of hydrogen-bond donors (Lipinski definition) is 0. The lowest BCUT2D eigenvalue weighted by molar-refractivity contribution is 0.246. The lowest BCUT2D eigenvalue weighted by Gasteiger charge is -2.36. The number of nitrogens with zero attached hydrogens (tertiary/aromatic N) is 5. The molecular weight excluding hydrogens is 330 g/mol. The van der Waals surface area contributed by atoms with Gasteiger partial charge in [0.05, 0.1) is 10.7 Å². The van der Waals surface area contributed by atoms with Gasteiger partial charge in [0.25, 0.3) is 0 Å². The van der Waals surface area contributed by atoms with Crippen molar-refractivity contribution in [2.75, 3.05) is 31.1 Å². The molecule has 132 valence electrons. The summed E-state index contributed by atoms with van der Waals surface area (Å²) in [5.74, 6) is 2.91. The quantitative estimate of drug-likeness (QED) is 0.844. The van der Waals surface area contributed by atoms with E-state index in [1.165, 1.54) is 47.0 Å². The molecule has 2 aromatic heterocycles. The molecule has 0 aromatic carbocycles. The van der Waals surface area contributed by atoms with Gasteiger partial charge in [-0.05, 0) is 39.0 Å². The van der Waals surface area contributed by atoms with Crippen molar-refractivity contribution in [3.05, 3.63) is 33.2 Å². The Hall–Kier alpha value is -1.53. The van der Waals surface area contributed by atoms with E-state index >= 15 is 0 Å². The molecule has 25 heavy (non-hydrogen) atoms. The van der Waals surface area contributed by atoms with Crippen LogP contribution in [0.15, 0.2) is 5.38 Å². The molecule has 1 saturated carbocycles. The van der Waals surface area contributed by atoms with Crippen LogP contribution in [0.4, 0.5) is 5.82 Å². The molecule has 0 atom stereocenters. The molecule has 2 fully saturated rings. The van der Waals surface area contributed by atoms with Crippen molar-refractivity contribution < 1.29 is 0 Å². The summed E-state index contributed by atoms with van der Waals surface area (Å²) in [6, 6.07) is 0. The molecule has 0 bridgehead atoms. The first-order valence-corrected chi connectivity index (χ1v) is 10.4. The summed E-state index contributed by atoms with van der Waals surface area (Å²) >= 11 is 1.86. The second kappa shape index (κ2) is 6.32. The zero-order valence-corrected chi connectivity index (χ0v) is 15.7. The monoisotopic (exact) mass is 355 g/mol. The molecule has 0 amide bonds. The van der Waals surface area contributed by atoms with Crippen LogP contribution in [0.5, 0.6) is 0 Å². The van der Waals surface area contributed by atoms with Crippen molar-refractivity contribution >= 4 is 17.2 Å². The fourth-order valence-corrected chi connectivity index (χ4v) is 5.04. The van der Waals surface area contributed by atoms with E-state index in [0.29, 0.717) is 0 Å². The number of hydrogen-bond acceptors (Lipinski definition) is 6. The third-order valence-electron chi connectivity index (χ3n) is 5.58. The van der Waals surface area contributed by atoms with E-state index in [-0.39, 0.29) is 0 Å². The Labute approximate surface area is 153 Å². The van der Waals surface area contributed by atoms with E-state index in [1.54, 1.807) is 0 Å². The third-order valence-corrected chi connectivity index (χ3v) is 6.63. The highest BCUT2D eigenvalue weighted by molar-refractivity contribution is 7.09. The van der Waals surface area contributed by atoms with Crippen molar-refractivity contribution in [2.24, 2.45) is 0 Å². The summed E-state index contributed by atoms with van der Waals surface area (Å²) < 4.78 is 0. The Morgan fingerprint density at radius 3 is 2.72 bits per heavy atom. The van der Waals surface area contributed by atoms with E-state index in [4.69, 9.17) is 9.97 Å². The predicted molar refractivity (Wildman–Crippen MR) is 100 cm³/mol. The van der Waals surface area contributed by atoms with Gasteiger partial charge in [0.1, 0.15) is 11.6 Å². The van der Waals surface area contributed by atoms with Crippen LogP contribution in [0.25, 0.3) is 0 Å². The van der Waals surface area contributed by atoms with Crippen LogP contribution in [0, 0.1) is 6.92 Å². The van der Waals surface area contributed by atoms with E-state index < -0.39 is 0 Å². The van der Waals surface area contributed by atoms with Crippen LogP contribution in [0.3, 0.4) is 0 Å². The average Bonchev–Trinajstić information content (AvgIpc) is 3.18. The molecule has 0 unspecified atom stereocenters. The highest BCUT2D eigenvalue weighted by atomic mass is 32.1. The molecule has 0 spiro atoms. The van der Waals surface area contributed by atoms with Crippen molar-refractivity contribution in [2.45, 2.75) is 51.5 Å². The lowest BCUT2D eigenvalue weighted by Crippen LogP contribution is -2.46. The number of thiazole rings is 1. The molecule has 2 aromatic rings. The van der Waals surface area contributed by atoms with Crippen LogP contribution >= 0.6 is 11.3 Å². The standard InChI is InChI=1S/C19H25N5S/c1-13-20-17-4-2-3-16(17)18(21-13)24-9-7-23(8-10-24)11-15-12-25-19(22-15)14-5-6-14/h12,14H,2-11H2,1H3. The largest absolute Gasteiger partial charge is 0.354 e. The molecule has 5 nitrogen and oxygen atoms in total. The van der Waals surface area contributed by atoms with Gasteiger partial charge in [-0.3, -0.25) is 4.90 Å². The molecule has 0 radical (unpaired) electrons. The fourth-order valence-electron chi connectivity index (χ4n) is 4.05. The molecule has 3 aliphatic rings. The molecule has 0 N–H and O–H groups in total. The van der Waals surface area contributed by atoms with Gasteiger partial charge in [-0.1, -0.05) is 0 Å². The van der Waals surface area contributed by atoms with E-state index in [0.717, 1.165) is 57.3 Å². The summed E-state index contributed by atoms with van der Waals surface area (Å²) in [5, 5.41) is 3.63. The molecule has 1 saturated heterocycles. The predicted octanol–water partition coefficient (Wildman–Crippen LogP) is 2.93. The summed E-state index contributed by atoms with van der Waals surface area (Å²) in [6.45, 7) is 7.32. The Morgan fingerprint density at radius 1 is 1.08 bits per heavy atom. The third kappa shape index (κ3) is 3.17. The number of anilines is 1. The first-order chi connectivity index (χ1) is 12.3. The van der Waals surface area contributed by atoms with Gasteiger partial charge in [0.2, 0.25) is 0 Å².